The third kappa shape index (κ3) is 4.04. The molecule has 0 aliphatic carbocycles. The van der Waals surface area contributed by atoms with Crippen LogP contribution >= 0.6 is 0 Å². The molecule has 0 spiro atoms. The van der Waals surface area contributed by atoms with Crippen molar-refractivity contribution in [3.63, 3.8) is 0 Å². The van der Waals surface area contributed by atoms with Crippen LogP contribution in [0.1, 0.15) is 0 Å². The minimum atomic E-state index is -2.85. The van der Waals surface area contributed by atoms with Crippen LogP contribution in [-0.4, -0.2) is 67.5 Å². The Kier molecular flexibility index (Phi) is 7.93. The Labute approximate surface area is 140 Å². The number of hydrogen-bond acceptors (Lipinski definition) is 3. The topological polar surface area (TPSA) is 43.4 Å². The molecular formula is C10H10Na2O3S. The normalized spacial score (nSPS) is 9.31. The summed E-state index contributed by atoms with van der Waals surface area (Å²) in [6.07, 6.45) is 0. The molecule has 0 unspecified atom stereocenters. The first kappa shape index (κ1) is 16.4. The Bertz CT molecular complexity index is 527. The first-order valence-corrected chi connectivity index (χ1v) is 5.17. The van der Waals surface area contributed by atoms with E-state index in [0.29, 0.717) is 5.75 Å². The molecule has 76 valence electrons. The molecule has 0 N–H and O–H groups in total. The summed E-state index contributed by atoms with van der Waals surface area (Å²) in [5.41, 5.74) is 0. The molecule has 0 heterocycles. The maximum absolute atomic E-state index is 10.4. The van der Waals surface area contributed by atoms with Gasteiger partial charge in [-0.3, -0.25) is 0 Å². The Hall–Kier alpha value is 0.450. The van der Waals surface area contributed by atoms with Crippen molar-refractivity contribution >= 4 is 80.9 Å². The monoisotopic (exact) mass is 256 g/mol. The standard InChI is InChI=1S/C10H8O3S.2Na.2H/c11-14(12)13-10-7-3-5-8-4-1-2-6-9(8)10;;;;/h1-7,14H;;;;. The van der Waals surface area contributed by atoms with Gasteiger partial charge in [0.1, 0.15) is 5.75 Å². The van der Waals surface area contributed by atoms with Crippen molar-refractivity contribution < 1.29 is 12.6 Å². The van der Waals surface area contributed by atoms with Gasteiger partial charge in [-0.05, 0) is 11.5 Å². The van der Waals surface area contributed by atoms with Crippen LogP contribution in [0.25, 0.3) is 10.8 Å². The van der Waals surface area contributed by atoms with Crippen molar-refractivity contribution in [1.29, 1.82) is 0 Å². The summed E-state index contributed by atoms with van der Waals surface area (Å²) in [5.74, 6) is 0.374. The molecule has 0 radical (unpaired) electrons. The quantitative estimate of drug-likeness (QED) is 0.626. The van der Waals surface area contributed by atoms with E-state index >= 15 is 0 Å². The molecule has 2 rings (SSSR count). The second kappa shape index (κ2) is 7.71. The third-order valence-electron chi connectivity index (χ3n) is 1.92. The van der Waals surface area contributed by atoms with E-state index in [4.69, 9.17) is 0 Å². The summed E-state index contributed by atoms with van der Waals surface area (Å²) in [7, 11) is -2.85. The van der Waals surface area contributed by atoms with E-state index in [1.807, 2.05) is 30.3 Å². The van der Waals surface area contributed by atoms with Gasteiger partial charge in [-0.15, -0.1) is 0 Å². The SMILES string of the molecule is O=[SH](=O)Oc1cccc2ccccc12.[NaH].[NaH]. The molecule has 6 heteroatoms. The molecule has 0 atom stereocenters. The van der Waals surface area contributed by atoms with Gasteiger partial charge in [-0.1, -0.05) is 36.4 Å². The van der Waals surface area contributed by atoms with Gasteiger partial charge in [0.25, 0.3) is 11.0 Å². The molecule has 0 fully saturated rings. The number of benzene rings is 2. The summed E-state index contributed by atoms with van der Waals surface area (Å²) < 4.78 is 25.5. The Balaban J connectivity index is 0.00000112. The van der Waals surface area contributed by atoms with E-state index in [9.17, 15) is 8.42 Å². The van der Waals surface area contributed by atoms with Crippen LogP contribution in [-0.2, 0) is 11.0 Å². The van der Waals surface area contributed by atoms with E-state index in [1.165, 1.54) is 0 Å². The number of hydrogen-bond donors (Lipinski definition) is 1. The molecule has 0 aliphatic rings. The van der Waals surface area contributed by atoms with Crippen molar-refractivity contribution in [2.24, 2.45) is 0 Å². The average molecular weight is 256 g/mol. The fourth-order valence-electron chi connectivity index (χ4n) is 1.36. The van der Waals surface area contributed by atoms with Gasteiger partial charge in [-0.25, -0.2) is 0 Å². The molecule has 0 saturated heterocycles. The van der Waals surface area contributed by atoms with Gasteiger partial charge in [0, 0.05) is 5.39 Å². The van der Waals surface area contributed by atoms with Gasteiger partial charge in [0.15, 0.2) is 0 Å². The predicted octanol–water partition coefficient (Wildman–Crippen LogP) is 0.448. The summed E-state index contributed by atoms with van der Waals surface area (Å²) in [6.45, 7) is 0. The van der Waals surface area contributed by atoms with Gasteiger partial charge >= 0.3 is 59.1 Å². The van der Waals surface area contributed by atoms with Crippen LogP contribution in [0.5, 0.6) is 5.75 Å². The van der Waals surface area contributed by atoms with E-state index in [-0.39, 0.29) is 59.1 Å². The van der Waals surface area contributed by atoms with Gasteiger partial charge in [0.2, 0.25) is 0 Å². The molecule has 0 aliphatic heterocycles. The van der Waals surface area contributed by atoms with Crippen molar-refractivity contribution in [2.45, 2.75) is 0 Å². The molecule has 2 aromatic carbocycles. The van der Waals surface area contributed by atoms with E-state index in [1.54, 1.807) is 12.1 Å². The van der Waals surface area contributed by atoms with Crippen molar-refractivity contribution in [3.8, 4) is 5.75 Å². The van der Waals surface area contributed by atoms with Crippen LogP contribution in [0.2, 0.25) is 0 Å². The van der Waals surface area contributed by atoms with Crippen LogP contribution in [0.15, 0.2) is 42.5 Å². The zero-order chi connectivity index (χ0) is 9.97. The second-order valence-electron chi connectivity index (χ2n) is 2.79. The zero-order valence-electron chi connectivity index (χ0n) is 7.21. The molecule has 0 aromatic heterocycles. The maximum atomic E-state index is 10.4. The summed E-state index contributed by atoms with van der Waals surface area (Å²) >= 11 is 0. The molecule has 3 nitrogen and oxygen atoms in total. The van der Waals surface area contributed by atoms with Gasteiger partial charge < -0.3 is 4.18 Å². The summed E-state index contributed by atoms with van der Waals surface area (Å²) in [6, 6.07) is 12.8. The first-order valence-electron chi connectivity index (χ1n) is 4.07. The molecule has 0 amide bonds. The van der Waals surface area contributed by atoms with Gasteiger partial charge in [-0.2, -0.15) is 8.42 Å². The zero-order valence-corrected chi connectivity index (χ0v) is 8.11. The average Bonchev–Trinajstić information content (AvgIpc) is 2.18. The van der Waals surface area contributed by atoms with E-state index in [2.05, 4.69) is 4.18 Å². The summed E-state index contributed by atoms with van der Waals surface area (Å²) in [4.78, 5) is 0. The van der Waals surface area contributed by atoms with Crippen molar-refractivity contribution in [3.05, 3.63) is 42.5 Å². The van der Waals surface area contributed by atoms with E-state index < -0.39 is 11.0 Å². The van der Waals surface area contributed by atoms with Crippen LogP contribution < -0.4 is 4.18 Å². The second-order valence-corrected chi connectivity index (χ2v) is 3.42. The van der Waals surface area contributed by atoms with E-state index in [0.717, 1.165) is 10.8 Å². The summed E-state index contributed by atoms with van der Waals surface area (Å²) in [5, 5.41) is 1.76. The first-order chi connectivity index (χ1) is 6.77. The van der Waals surface area contributed by atoms with Crippen LogP contribution in [0.4, 0.5) is 0 Å². The molecule has 0 saturated carbocycles. The Morgan fingerprint density at radius 1 is 0.875 bits per heavy atom. The molecular weight excluding hydrogens is 246 g/mol. The molecule has 0 bridgehead atoms. The van der Waals surface area contributed by atoms with Crippen LogP contribution in [0, 0.1) is 0 Å². The number of fused-ring (bicyclic) bond motifs is 1. The van der Waals surface area contributed by atoms with Crippen molar-refractivity contribution in [1.82, 2.24) is 0 Å². The van der Waals surface area contributed by atoms with Gasteiger partial charge in [0.05, 0.1) is 0 Å². The molecule has 2 aromatic rings. The number of rotatable bonds is 2. The predicted molar refractivity (Wildman–Crippen MR) is 69.2 cm³/mol. The minimum absolute atomic E-state index is 0. The van der Waals surface area contributed by atoms with Crippen LogP contribution in [0.3, 0.4) is 0 Å². The Morgan fingerprint density at radius 3 is 2.19 bits per heavy atom. The fraction of sp³-hybridized carbons (Fsp3) is 0. The third-order valence-corrected chi connectivity index (χ3v) is 2.27. The molecule has 16 heavy (non-hydrogen) atoms. The fourth-order valence-corrected chi connectivity index (χ4v) is 1.68. The Morgan fingerprint density at radius 2 is 1.50 bits per heavy atom. The van der Waals surface area contributed by atoms with Crippen molar-refractivity contribution in [2.75, 3.05) is 0 Å². The number of thiol groups is 1.